The minimum atomic E-state index is 0.464. The number of para-hydroxylation sites is 1. The van der Waals surface area contributed by atoms with Gasteiger partial charge >= 0.3 is 0 Å². The Bertz CT molecular complexity index is 802. The van der Waals surface area contributed by atoms with Gasteiger partial charge in [0.1, 0.15) is 12.1 Å². The molecule has 0 saturated heterocycles. The first kappa shape index (κ1) is 14.0. The molecule has 110 valence electrons. The first-order valence-electron chi connectivity index (χ1n) is 7.21. The maximum absolute atomic E-state index is 8.80. The number of nitriles is 1. The molecule has 6 heteroatoms. The largest absolute Gasteiger partial charge is 0.355 e. The molecule has 2 aromatic heterocycles. The lowest BCUT2D eigenvalue weighted by Crippen LogP contribution is -2.25. The van der Waals surface area contributed by atoms with E-state index in [9.17, 15) is 0 Å². The summed E-state index contributed by atoms with van der Waals surface area (Å²) in [6, 6.07) is 12.1. The first-order chi connectivity index (χ1) is 10.8. The van der Waals surface area contributed by atoms with E-state index >= 15 is 0 Å². The van der Waals surface area contributed by atoms with E-state index in [-0.39, 0.29) is 0 Å². The molecule has 22 heavy (non-hydrogen) atoms. The van der Waals surface area contributed by atoms with Crippen molar-refractivity contribution in [2.75, 3.05) is 18.0 Å². The van der Waals surface area contributed by atoms with E-state index in [1.807, 2.05) is 37.3 Å². The van der Waals surface area contributed by atoms with Crippen LogP contribution >= 0.6 is 0 Å². The highest BCUT2D eigenvalue weighted by Gasteiger charge is 2.15. The lowest BCUT2D eigenvalue weighted by atomic mass is 10.3. The van der Waals surface area contributed by atoms with Gasteiger partial charge in [-0.05, 0) is 19.1 Å². The number of benzene rings is 1. The highest BCUT2D eigenvalue weighted by atomic mass is 15.3. The van der Waals surface area contributed by atoms with Gasteiger partial charge in [0.15, 0.2) is 5.65 Å². The molecule has 0 bridgehead atoms. The van der Waals surface area contributed by atoms with Crippen LogP contribution in [0, 0.1) is 11.3 Å². The number of aromatic nitrogens is 4. The normalized spacial score (nSPS) is 10.5. The smallest absolute Gasteiger partial charge is 0.168 e. The van der Waals surface area contributed by atoms with Gasteiger partial charge in [0, 0.05) is 13.1 Å². The van der Waals surface area contributed by atoms with Crippen LogP contribution in [0.25, 0.3) is 16.7 Å². The van der Waals surface area contributed by atoms with Crippen molar-refractivity contribution in [2.45, 2.75) is 13.3 Å². The summed E-state index contributed by atoms with van der Waals surface area (Å²) in [4.78, 5) is 10.8. The zero-order valence-corrected chi connectivity index (χ0v) is 12.3. The lowest BCUT2D eigenvalue weighted by Gasteiger charge is -2.20. The SMILES string of the molecule is CCN(CCC#N)c1ncnc2c1cnn2-c1ccccc1. The Morgan fingerprint density at radius 1 is 1.23 bits per heavy atom. The summed E-state index contributed by atoms with van der Waals surface area (Å²) in [7, 11) is 0. The van der Waals surface area contributed by atoms with Crippen LogP contribution in [0.2, 0.25) is 0 Å². The van der Waals surface area contributed by atoms with Crippen molar-refractivity contribution in [3.05, 3.63) is 42.9 Å². The molecule has 3 aromatic rings. The van der Waals surface area contributed by atoms with Gasteiger partial charge in [-0.25, -0.2) is 14.6 Å². The van der Waals surface area contributed by atoms with Crippen molar-refractivity contribution in [3.63, 3.8) is 0 Å². The van der Waals surface area contributed by atoms with Gasteiger partial charge in [-0.15, -0.1) is 0 Å². The number of nitrogens with zero attached hydrogens (tertiary/aromatic N) is 6. The molecule has 2 heterocycles. The molecule has 0 amide bonds. The van der Waals surface area contributed by atoms with Crippen LogP contribution in [0.1, 0.15) is 13.3 Å². The Kier molecular flexibility index (Phi) is 3.97. The molecule has 0 spiro atoms. The van der Waals surface area contributed by atoms with Gasteiger partial charge in [-0.1, -0.05) is 18.2 Å². The van der Waals surface area contributed by atoms with Crippen LogP contribution in [0.5, 0.6) is 0 Å². The van der Waals surface area contributed by atoms with Crippen molar-refractivity contribution in [1.82, 2.24) is 19.7 Å². The number of hydrogen-bond donors (Lipinski definition) is 0. The standard InChI is InChI=1S/C16H16N6/c1-2-21(10-6-9-17)15-14-11-20-22(16(14)19-12-18-15)13-7-4-3-5-8-13/h3-5,7-8,11-12H,2,6,10H2,1H3. The fourth-order valence-corrected chi connectivity index (χ4v) is 2.44. The van der Waals surface area contributed by atoms with Gasteiger partial charge in [-0.3, -0.25) is 0 Å². The van der Waals surface area contributed by atoms with Gasteiger partial charge in [0.2, 0.25) is 0 Å². The average molecular weight is 292 g/mol. The van der Waals surface area contributed by atoms with Gasteiger partial charge in [0.25, 0.3) is 0 Å². The van der Waals surface area contributed by atoms with Crippen LogP contribution in [-0.2, 0) is 0 Å². The summed E-state index contributed by atoms with van der Waals surface area (Å²) in [6.45, 7) is 3.48. The third-order valence-corrected chi connectivity index (χ3v) is 3.52. The van der Waals surface area contributed by atoms with Crippen molar-refractivity contribution in [1.29, 1.82) is 5.26 Å². The molecule has 0 saturated carbocycles. The van der Waals surface area contributed by atoms with E-state index in [4.69, 9.17) is 5.26 Å². The Morgan fingerprint density at radius 3 is 2.77 bits per heavy atom. The van der Waals surface area contributed by atoms with Crippen LogP contribution in [0.3, 0.4) is 0 Å². The van der Waals surface area contributed by atoms with Crippen molar-refractivity contribution >= 4 is 16.9 Å². The van der Waals surface area contributed by atoms with Gasteiger partial charge in [0.05, 0.1) is 29.8 Å². The predicted molar refractivity (Wildman–Crippen MR) is 84.8 cm³/mol. The Labute approximate surface area is 128 Å². The molecule has 0 N–H and O–H groups in total. The predicted octanol–water partition coefficient (Wildman–Crippen LogP) is 2.56. The monoisotopic (exact) mass is 292 g/mol. The first-order valence-corrected chi connectivity index (χ1v) is 7.21. The molecule has 0 radical (unpaired) electrons. The molecular formula is C16H16N6. The fourth-order valence-electron chi connectivity index (χ4n) is 2.44. The van der Waals surface area contributed by atoms with Crippen LogP contribution in [0.15, 0.2) is 42.9 Å². The number of fused-ring (bicyclic) bond motifs is 1. The fraction of sp³-hybridized carbons (Fsp3) is 0.250. The van der Waals surface area contributed by atoms with Crippen molar-refractivity contribution in [3.8, 4) is 11.8 Å². The van der Waals surface area contributed by atoms with E-state index in [1.165, 1.54) is 0 Å². The highest BCUT2D eigenvalue weighted by Crippen LogP contribution is 2.24. The van der Waals surface area contributed by atoms with E-state index in [1.54, 1.807) is 17.2 Å². The van der Waals surface area contributed by atoms with Crippen LogP contribution < -0.4 is 4.90 Å². The van der Waals surface area contributed by atoms with Crippen LogP contribution in [0.4, 0.5) is 5.82 Å². The second-order valence-corrected chi connectivity index (χ2v) is 4.81. The molecule has 0 atom stereocenters. The van der Waals surface area contributed by atoms with Crippen molar-refractivity contribution in [2.24, 2.45) is 0 Å². The number of rotatable bonds is 5. The second-order valence-electron chi connectivity index (χ2n) is 4.81. The summed E-state index contributed by atoms with van der Waals surface area (Å²) >= 11 is 0. The molecule has 0 fully saturated rings. The minimum Gasteiger partial charge on any atom is -0.355 e. The maximum Gasteiger partial charge on any atom is 0.168 e. The summed E-state index contributed by atoms with van der Waals surface area (Å²) < 4.78 is 1.80. The minimum absolute atomic E-state index is 0.464. The molecule has 0 aliphatic carbocycles. The van der Waals surface area contributed by atoms with E-state index in [0.29, 0.717) is 13.0 Å². The molecule has 0 aliphatic heterocycles. The number of anilines is 1. The quantitative estimate of drug-likeness (QED) is 0.722. The van der Waals surface area contributed by atoms with Gasteiger partial charge < -0.3 is 4.90 Å². The summed E-state index contributed by atoms with van der Waals surface area (Å²) in [5.41, 5.74) is 1.73. The third-order valence-electron chi connectivity index (χ3n) is 3.52. The molecular weight excluding hydrogens is 276 g/mol. The zero-order chi connectivity index (χ0) is 15.4. The summed E-state index contributed by atoms with van der Waals surface area (Å²) in [5.74, 6) is 0.824. The molecule has 0 aliphatic rings. The molecule has 3 rings (SSSR count). The van der Waals surface area contributed by atoms with Gasteiger partial charge in [-0.2, -0.15) is 10.4 Å². The Hall–Kier alpha value is -2.94. The second kappa shape index (κ2) is 6.22. The summed E-state index contributed by atoms with van der Waals surface area (Å²) in [6.07, 6.45) is 3.80. The Balaban J connectivity index is 2.08. The summed E-state index contributed by atoms with van der Waals surface area (Å²) in [5, 5.41) is 14.1. The zero-order valence-electron chi connectivity index (χ0n) is 12.3. The average Bonchev–Trinajstić information content (AvgIpc) is 3.01. The lowest BCUT2D eigenvalue weighted by molar-refractivity contribution is 0.813. The molecule has 0 unspecified atom stereocenters. The van der Waals surface area contributed by atoms with Crippen molar-refractivity contribution < 1.29 is 0 Å². The third kappa shape index (κ3) is 2.49. The Morgan fingerprint density at radius 2 is 2.05 bits per heavy atom. The topological polar surface area (TPSA) is 70.6 Å². The van der Waals surface area contributed by atoms with E-state index in [0.717, 1.165) is 29.1 Å². The van der Waals surface area contributed by atoms with Crippen LogP contribution in [-0.4, -0.2) is 32.8 Å². The molecule has 6 nitrogen and oxygen atoms in total. The van der Waals surface area contributed by atoms with E-state index < -0.39 is 0 Å². The maximum atomic E-state index is 8.80. The highest BCUT2D eigenvalue weighted by molar-refractivity contribution is 5.87. The van der Waals surface area contributed by atoms with E-state index in [2.05, 4.69) is 26.0 Å². The molecule has 1 aromatic carbocycles. The number of hydrogen-bond acceptors (Lipinski definition) is 5.